The number of nitrogens with zero attached hydrogens (tertiary/aromatic N) is 3. The van der Waals surface area contributed by atoms with Gasteiger partial charge in [-0.05, 0) is 12.1 Å². The second kappa shape index (κ2) is 4.90. The summed E-state index contributed by atoms with van der Waals surface area (Å²) in [5.74, 6) is 1.71. The summed E-state index contributed by atoms with van der Waals surface area (Å²) in [6.45, 7) is 0.730. The van der Waals surface area contributed by atoms with Crippen LogP contribution >= 0.6 is 0 Å². The van der Waals surface area contributed by atoms with Crippen LogP contribution in [0.2, 0.25) is 0 Å². The molecule has 1 N–H and O–H groups in total. The molecular weight excluding hydrogens is 260 g/mol. The Bertz CT molecular complexity index is 788. The van der Waals surface area contributed by atoms with E-state index >= 15 is 0 Å². The van der Waals surface area contributed by atoms with E-state index in [0.29, 0.717) is 0 Å². The van der Waals surface area contributed by atoms with Gasteiger partial charge < -0.3 is 5.32 Å². The van der Waals surface area contributed by atoms with Crippen molar-refractivity contribution in [2.24, 2.45) is 4.99 Å². The van der Waals surface area contributed by atoms with Crippen LogP contribution in [0.3, 0.4) is 0 Å². The van der Waals surface area contributed by atoms with E-state index in [1.54, 1.807) is 6.34 Å². The highest BCUT2D eigenvalue weighted by atomic mass is 15.2. The van der Waals surface area contributed by atoms with Gasteiger partial charge in [-0.15, -0.1) is 0 Å². The quantitative estimate of drug-likeness (QED) is 0.779. The molecule has 4 nitrogen and oxygen atoms in total. The van der Waals surface area contributed by atoms with Gasteiger partial charge in [0.15, 0.2) is 5.82 Å². The third-order valence-corrected chi connectivity index (χ3v) is 3.55. The predicted molar refractivity (Wildman–Crippen MR) is 84.0 cm³/mol. The summed E-state index contributed by atoms with van der Waals surface area (Å²) >= 11 is 0. The summed E-state index contributed by atoms with van der Waals surface area (Å²) in [7, 11) is 0. The minimum Gasteiger partial charge on any atom is -0.370 e. The van der Waals surface area contributed by atoms with E-state index in [9.17, 15) is 0 Å². The minimum atomic E-state index is 0.730. The van der Waals surface area contributed by atoms with Crippen LogP contribution < -0.4 is 5.32 Å². The number of aromatic nitrogens is 2. The first-order valence-electron chi connectivity index (χ1n) is 6.92. The molecule has 0 amide bonds. The average Bonchev–Trinajstić information content (AvgIpc) is 2.96. The fourth-order valence-corrected chi connectivity index (χ4v) is 2.59. The molecule has 0 spiro atoms. The molecule has 0 saturated heterocycles. The predicted octanol–water partition coefficient (Wildman–Crippen LogP) is 3.30. The van der Waals surface area contributed by atoms with Crippen LogP contribution in [0.15, 0.2) is 65.7 Å². The normalized spacial score (nSPS) is 12.8. The lowest BCUT2D eigenvalue weighted by Gasteiger charge is -2.13. The van der Waals surface area contributed by atoms with Crippen LogP contribution in [0.25, 0.3) is 17.1 Å². The summed E-state index contributed by atoms with van der Waals surface area (Å²) < 4.78 is 2.17. The molecule has 3 aromatic rings. The number of hydrogen-bond acceptors (Lipinski definition) is 3. The van der Waals surface area contributed by atoms with Crippen molar-refractivity contribution in [1.29, 1.82) is 0 Å². The molecule has 1 aromatic heterocycles. The lowest BCUT2D eigenvalue weighted by molar-refractivity contribution is 0.834. The van der Waals surface area contributed by atoms with E-state index < -0.39 is 0 Å². The first kappa shape index (κ1) is 11.9. The number of benzene rings is 2. The molecule has 0 atom stereocenters. The maximum Gasteiger partial charge on any atom is 0.177 e. The third kappa shape index (κ3) is 2.01. The number of hydrogen-bond donors (Lipinski definition) is 1. The third-order valence-electron chi connectivity index (χ3n) is 3.55. The maximum atomic E-state index is 4.72. The highest BCUT2D eigenvalue weighted by molar-refractivity contribution is 5.69. The molecule has 2 aromatic carbocycles. The van der Waals surface area contributed by atoms with Crippen molar-refractivity contribution >= 4 is 12.2 Å². The Balaban J connectivity index is 1.99. The van der Waals surface area contributed by atoms with Gasteiger partial charge in [0.05, 0.1) is 18.6 Å². The average molecular weight is 274 g/mol. The van der Waals surface area contributed by atoms with E-state index in [4.69, 9.17) is 4.98 Å². The van der Waals surface area contributed by atoms with Crippen molar-refractivity contribution in [1.82, 2.24) is 14.9 Å². The fraction of sp³-hybridized carbons (Fsp3) is 0.0588. The number of fused-ring (bicyclic) bond motifs is 1. The highest BCUT2D eigenvalue weighted by Gasteiger charge is 2.20. The largest absolute Gasteiger partial charge is 0.370 e. The maximum absolute atomic E-state index is 4.72. The molecule has 0 bridgehead atoms. The molecule has 0 fully saturated rings. The fourth-order valence-electron chi connectivity index (χ4n) is 2.59. The standard InChI is InChI=1S/C17H14N4/c1-3-7-13(8-4-1)17-20-16-15(11-18-12-19-16)21(17)14-9-5-2-6-10-14/h1-10,12H,11H2,(H,18,19). The highest BCUT2D eigenvalue weighted by Crippen LogP contribution is 2.31. The van der Waals surface area contributed by atoms with Crippen molar-refractivity contribution in [3.8, 4) is 17.1 Å². The van der Waals surface area contributed by atoms with E-state index in [0.717, 1.165) is 35.1 Å². The van der Waals surface area contributed by atoms with Crippen molar-refractivity contribution in [2.75, 3.05) is 0 Å². The van der Waals surface area contributed by atoms with E-state index in [1.807, 2.05) is 36.4 Å². The van der Waals surface area contributed by atoms with Crippen molar-refractivity contribution in [2.45, 2.75) is 6.54 Å². The number of nitrogens with one attached hydrogen (secondary N) is 1. The van der Waals surface area contributed by atoms with Gasteiger partial charge in [0.25, 0.3) is 0 Å². The van der Waals surface area contributed by atoms with Crippen molar-refractivity contribution < 1.29 is 0 Å². The molecule has 1 aliphatic heterocycles. The zero-order valence-electron chi connectivity index (χ0n) is 11.4. The molecule has 4 heteroatoms. The summed E-state index contributed by atoms with van der Waals surface area (Å²) in [5, 5.41) is 3.16. The molecular formula is C17H14N4. The second-order valence-corrected chi connectivity index (χ2v) is 4.88. The Morgan fingerprint density at radius 1 is 0.905 bits per heavy atom. The Kier molecular flexibility index (Phi) is 2.78. The van der Waals surface area contributed by atoms with Crippen LogP contribution in [0, 0.1) is 0 Å². The van der Waals surface area contributed by atoms with Gasteiger partial charge in [-0.1, -0.05) is 48.5 Å². The van der Waals surface area contributed by atoms with Crippen LogP contribution in [0.1, 0.15) is 5.69 Å². The Labute approximate surface area is 122 Å². The minimum absolute atomic E-state index is 0.730. The Morgan fingerprint density at radius 2 is 1.62 bits per heavy atom. The topological polar surface area (TPSA) is 42.2 Å². The molecule has 0 radical (unpaired) electrons. The number of para-hydroxylation sites is 1. The first-order valence-corrected chi connectivity index (χ1v) is 6.92. The molecule has 2 heterocycles. The second-order valence-electron chi connectivity index (χ2n) is 4.88. The van der Waals surface area contributed by atoms with Crippen LogP contribution in [-0.2, 0) is 6.54 Å². The summed E-state index contributed by atoms with van der Waals surface area (Å²) in [6, 6.07) is 20.5. The zero-order chi connectivity index (χ0) is 14.1. The Morgan fingerprint density at radius 3 is 2.38 bits per heavy atom. The SMILES string of the molecule is C1=Nc2nc(-c3ccccc3)n(-c3ccccc3)c2CN1. The van der Waals surface area contributed by atoms with E-state index in [2.05, 4.69) is 39.1 Å². The number of imidazole rings is 1. The smallest absolute Gasteiger partial charge is 0.177 e. The first-order chi connectivity index (χ1) is 10.4. The molecule has 4 rings (SSSR count). The van der Waals surface area contributed by atoms with E-state index in [1.165, 1.54) is 0 Å². The molecule has 0 saturated carbocycles. The van der Waals surface area contributed by atoms with Gasteiger partial charge in [-0.25, -0.2) is 9.98 Å². The summed E-state index contributed by atoms with van der Waals surface area (Å²) in [4.78, 5) is 9.08. The molecule has 102 valence electrons. The van der Waals surface area contributed by atoms with Crippen molar-refractivity contribution in [3.05, 3.63) is 66.4 Å². The summed E-state index contributed by atoms with van der Waals surface area (Å²) in [5.41, 5.74) is 3.28. The lowest BCUT2D eigenvalue weighted by Crippen LogP contribution is -2.17. The van der Waals surface area contributed by atoms with E-state index in [-0.39, 0.29) is 0 Å². The van der Waals surface area contributed by atoms with Gasteiger partial charge in [0.1, 0.15) is 5.82 Å². The van der Waals surface area contributed by atoms with Gasteiger partial charge in [0.2, 0.25) is 0 Å². The molecule has 1 aliphatic rings. The lowest BCUT2D eigenvalue weighted by atomic mass is 10.2. The van der Waals surface area contributed by atoms with Gasteiger partial charge in [-0.3, -0.25) is 4.57 Å². The Hall–Kier alpha value is -2.88. The summed E-state index contributed by atoms with van der Waals surface area (Å²) in [6.07, 6.45) is 1.71. The van der Waals surface area contributed by atoms with Gasteiger partial charge in [0, 0.05) is 11.3 Å². The van der Waals surface area contributed by atoms with Crippen LogP contribution in [0.5, 0.6) is 0 Å². The monoisotopic (exact) mass is 274 g/mol. The van der Waals surface area contributed by atoms with Crippen LogP contribution in [0.4, 0.5) is 5.82 Å². The molecule has 21 heavy (non-hydrogen) atoms. The van der Waals surface area contributed by atoms with Crippen molar-refractivity contribution in [3.63, 3.8) is 0 Å². The molecule has 0 unspecified atom stereocenters. The molecule has 0 aliphatic carbocycles. The zero-order valence-corrected chi connectivity index (χ0v) is 11.4. The van der Waals surface area contributed by atoms with Gasteiger partial charge in [-0.2, -0.15) is 0 Å². The number of rotatable bonds is 2. The number of aliphatic imine (C=N–C) groups is 1. The van der Waals surface area contributed by atoms with Gasteiger partial charge >= 0.3 is 0 Å². The van der Waals surface area contributed by atoms with Crippen LogP contribution in [-0.4, -0.2) is 15.9 Å².